The Morgan fingerprint density at radius 2 is 1.36 bits per heavy atom. The lowest BCUT2D eigenvalue weighted by atomic mass is 10.00. The molecule has 0 radical (unpaired) electrons. The first kappa shape index (κ1) is 15.2. The summed E-state index contributed by atoms with van der Waals surface area (Å²) in [6, 6.07) is 27.0. The van der Waals surface area contributed by atoms with Crippen molar-refractivity contribution in [3.8, 4) is 16.9 Å². The smallest absolute Gasteiger partial charge is 0.294 e. The molecule has 0 unspecified atom stereocenters. The zero-order valence-corrected chi connectivity index (χ0v) is 13.6. The summed E-state index contributed by atoms with van der Waals surface area (Å²) in [5, 5.41) is 11.5. The Morgan fingerprint density at radius 3 is 2.08 bits per heavy atom. The van der Waals surface area contributed by atoms with E-state index in [1.165, 1.54) is 0 Å². The molecule has 0 saturated heterocycles. The second-order valence-corrected chi connectivity index (χ2v) is 5.98. The summed E-state index contributed by atoms with van der Waals surface area (Å²) in [5.41, 5.74) is 2.88. The van der Waals surface area contributed by atoms with E-state index in [1.807, 2.05) is 84.9 Å². The van der Waals surface area contributed by atoms with Gasteiger partial charge in [-0.1, -0.05) is 78.9 Å². The number of rotatable bonds is 3. The van der Waals surface area contributed by atoms with Gasteiger partial charge in [-0.3, -0.25) is 4.79 Å². The van der Waals surface area contributed by atoms with E-state index in [2.05, 4.69) is 0 Å². The van der Waals surface area contributed by atoms with Crippen LogP contribution in [0.25, 0.3) is 22.0 Å². The van der Waals surface area contributed by atoms with E-state index < -0.39 is 0 Å². The van der Waals surface area contributed by atoms with Crippen LogP contribution in [-0.2, 0) is 6.54 Å². The zero-order chi connectivity index (χ0) is 17.2. The van der Waals surface area contributed by atoms with E-state index in [0.717, 1.165) is 22.0 Å². The molecule has 0 aliphatic carbocycles. The number of benzene rings is 3. The largest absolute Gasteiger partial charge is 0.503 e. The standard InChI is InChI=1S/C22H17NO2/c24-21-20(17-11-5-2-6-12-17)18-13-7-8-14-19(18)23(22(21)25)15-16-9-3-1-4-10-16/h1-14,24H,15H2. The second-order valence-electron chi connectivity index (χ2n) is 5.98. The van der Waals surface area contributed by atoms with Crippen LogP contribution in [0.4, 0.5) is 0 Å². The topological polar surface area (TPSA) is 42.2 Å². The molecule has 0 amide bonds. The summed E-state index contributed by atoms with van der Waals surface area (Å²) in [4.78, 5) is 12.9. The Balaban J connectivity index is 2.01. The average Bonchev–Trinajstić information content (AvgIpc) is 2.67. The van der Waals surface area contributed by atoms with Gasteiger partial charge in [-0.05, 0) is 17.2 Å². The number of para-hydroxylation sites is 1. The van der Waals surface area contributed by atoms with Crippen LogP contribution in [0.1, 0.15) is 5.56 Å². The number of hydrogen-bond donors (Lipinski definition) is 1. The van der Waals surface area contributed by atoms with Crippen molar-refractivity contribution in [3.63, 3.8) is 0 Å². The molecule has 122 valence electrons. The molecular weight excluding hydrogens is 310 g/mol. The summed E-state index contributed by atoms with van der Waals surface area (Å²) < 4.78 is 1.63. The molecule has 0 aliphatic rings. The molecule has 4 aromatic rings. The molecule has 25 heavy (non-hydrogen) atoms. The highest BCUT2D eigenvalue weighted by atomic mass is 16.3. The molecule has 0 bridgehead atoms. The normalized spacial score (nSPS) is 10.9. The number of pyridine rings is 1. The maximum absolute atomic E-state index is 12.9. The number of hydrogen-bond acceptors (Lipinski definition) is 2. The van der Waals surface area contributed by atoms with Gasteiger partial charge in [0.05, 0.1) is 12.1 Å². The number of aromatic nitrogens is 1. The Kier molecular flexibility index (Phi) is 3.82. The van der Waals surface area contributed by atoms with Gasteiger partial charge in [0.15, 0.2) is 5.75 Å². The van der Waals surface area contributed by atoms with Gasteiger partial charge in [0.1, 0.15) is 0 Å². The van der Waals surface area contributed by atoms with Crippen LogP contribution >= 0.6 is 0 Å². The van der Waals surface area contributed by atoms with E-state index in [4.69, 9.17) is 0 Å². The van der Waals surface area contributed by atoms with Crippen LogP contribution < -0.4 is 5.56 Å². The third-order valence-corrected chi connectivity index (χ3v) is 4.39. The molecule has 0 spiro atoms. The van der Waals surface area contributed by atoms with E-state index in [1.54, 1.807) is 4.57 Å². The third kappa shape index (κ3) is 2.70. The molecule has 3 nitrogen and oxygen atoms in total. The van der Waals surface area contributed by atoms with E-state index in [-0.39, 0.29) is 11.3 Å². The minimum Gasteiger partial charge on any atom is -0.503 e. The molecule has 0 saturated carbocycles. The van der Waals surface area contributed by atoms with Gasteiger partial charge < -0.3 is 9.67 Å². The summed E-state index contributed by atoms with van der Waals surface area (Å²) >= 11 is 0. The average molecular weight is 327 g/mol. The fraction of sp³-hybridized carbons (Fsp3) is 0.0455. The zero-order valence-electron chi connectivity index (χ0n) is 13.6. The maximum Gasteiger partial charge on any atom is 0.294 e. The van der Waals surface area contributed by atoms with Crippen molar-refractivity contribution in [2.75, 3.05) is 0 Å². The molecular formula is C22H17NO2. The Morgan fingerprint density at radius 1 is 0.760 bits per heavy atom. The third-order valence-electron chi connectivity index (χ3n) is 4.39. The van der Waals surface area contributed by atoms with Crippen LogP contribution in [0.5, 0.6) is 5.75 Å². The van der Waals surface area contributed by atoms with Crippen LogP contribution in [-0.4, -0.2) is 9.67 Å². The monoisotopic (exact) mass is 327 g/mol. The second kappa shape index (κ2) is 6.29. The van der Waals surface area contributed by atoms with Crippen molar-refractivity contribution in [3.05, 3.63) is 101 Å². The first-order chi connectivity index (χ1) is 12.3. The van der Waals surface area contributed by atoms with Crippen molar-refractivity contribution < 1.29 is 5.11 Å². The summed E-state index contributed by atoms with van der Waals surface area (Å²) in [6.45, 7) is 0.419. The first-order valence-electron chi connectivity index (χ1n) is 8.19. The summed E-state index contributed by atoms with van der Waals surface area (Å²) in [6.07, 6.45) is 0. The highest BCUT2D eigenvalue weighted by Crippen LogP contribution is 2.33. The lowest BCUT2D eigenvalue weighted by Gasteiger charge is -2.15. The first-order valence-corrected chi connectivity index (χ1v) is 8.19. The van der Waals surface area contributed by atoms with Gasteiger partial charge >= 0.3 is 0 Å². The van der Waals surface area contributed by atoms with Crippen LogP contribution in [0.2, 0.25) is 0 Å². The molecule has 3 heteroatoms. The van der Waals surface area contributed by atoms with Crippen LogP contribution in [0.3, 0.4) is 0 Å². The van der Waals surface area contributed by atoms with Crippen molar-refractivity contribution in [1.82, 2.24) is 4.57 Å². The quantitative estimate of drug-likeness (QED) is 0.605. The van der Waals surface area contributed by atoms with Gasteiger partial charge in [-0.2, -0.15) is 0 Å². The van der Waals surface area contributed by atoms with Crippen LogP contribution in [0.15, 0.2) is 89.7 Å². The molecule has 0 atom stereocenters. The van der Waals surface area contributed by atoms with Crippen molar-refractivity contribution in [2.45, 2.75) is 6.54 Å². The number of fused-ring (bicyclic) bond motifs is 1. The van der Waals surface area contributed by atoms with Crippen molar-refractivity contribution in [1.29, 1.82) is 0 Å². The highest BCUT2D eigenvalue weighted by Gasteiger charge is 2.17. The highest BCUT2D eigenvalue weighted by molar-refractivity contribution is 5.97. The molecule has 3 aromatic carbocycles. The Hall–Kier alpha value is -3.33. The molecule has 1 N–H and O–H groups in total. The maximum atomic E-state index is 12.9. The number of nitrogens with zero attached hydrogens (tertiary/aromatic N) is 1. The lowest BCUT2D eigenvalue weighted by molar-refractivity contribution is 0.464. The summed E-state index contributed by atoms with van der Waals surface area (Å²) in [7, 11) is 0. The van der Waals surface area contributed by atoms with Gasteiger partial charge in [-0.15, -0.1) is 0 Å². The van der Waals surface area contributed by atoms with Gasteiger partial charge in [0, 0.05) is 10.9 Å². The fourth-order valence-corrected chi connectivity index (χ4v) is 3.21. The van der Waals surface area contributed by atoms with Gasteiger partial charge in [-0.25, -0.2) is 0 Å². The van der Waals surface area contributed by atoms with Gasteiger partial charge in [0.25, 0.3) is 5.56 Å². The van der Waals surface area contributed by atoms with E-state index >= 15 is 0 Å². The Labute approximate surface area is 145 Å². The predicted molar refractivity (Wildman–Crippen MR) is 101 cm³/mol. The minimum absolute atomic E-state index is 0.208. The molecule has 1 heterocycles. The fourth-order valence-electron chi connectivity index (χ4n) is 3.21. The van der Waals surface area contributed by atoms with E-state index in [0.29, 0.717) is 12.1 Å². The molecule has 1 aromatic heterocycles. The minimum atomic E-state index is -0.374. The van der Waals surface area contributed by atoms with Crippen molar-refractivity contribution in [2.24, 2.45) is 0 Å². The summed E-state index contributed by atoms with van der Waals surface area (Å²) in [5.74, 6) is -0.208. The van der Waals surface area contributed by atoms with Crippen molar-refractivity contribution >= 4 is 10.9 Å². The Bertz CT molecular complexity index is 1080. The molecule has 4 rings (SSSR count). The lowest BCUT2D eigenvalue weighted by Crippen LogP contribution is -2.21. The molecule has 0 fully saturated rings. The predicted octanol–water partition coefficient (Wildman–Crippen LogP) is 4.42. The number of aromatic hydroxyl groups is 1. The van der Waals surface area contributed by atoms with E-state index in [9.17, 15) is 9.90 Å². The molecule has 0 aliphatic heterocycles. The van der Waals surface area contributed by atoms with Crippen LogP contribution in [0, 0.1) is 0 Å². The SMILES string of the molecule is O=c1c(O)c(-c2ccccc2)c2ccccc2n1Cc1ccccc1. The van der Waals surface area contributed by atoms with Gasteiger partial charge in [0.2, 0.25) is 0 Å².